The molecule has 4 aliphatic rings. The molecule has 4 nitrogen and oxygen atoms in total. The topological polar surface area (TPSA) is 21.3 Å². The van der Waals surface area contributed by atoms with Crippen molar-refractivity contribution in [2.45, 2.75) is 46.3 Å². The Morgan fingerprint density at radius 3 is 1.95 bits per heavy atom. The van der Waals surface area contributed by atoms with Crippen molar-refractivity contribution in [3.63, 3.8) is 0 Å². The molecule has 0 aliphatic carbocycles. The van der Waals surface area contributed by atoms with Gasteiger partial charge in [0.15, 0.2) is 5.52 Å². The zero-order chi connectivity index (χ0) is 41.6. The zero-order valence-corrected chi connectivity index (χ0v) is 35.5. The van der Waals surface area contributed by atoms with E-state index in [9.17, 15) is 0 Å². The van der Waals surface area contributed by atoms with Gasteiger partial charge in [-0.1, -0.05) is 121 Å². The lowest BCUT2D eigenvalue weighted by molar-refractivity contribution is -0.760. The molecule has 2 aromatic heterocycles. The quantitative estimate of drug-likeness (QED) is 0.165. The predicted molar refractivity (Wildman–Crippen MR) is 252 cm³/mol. The summed E-state index contributed by atoms with van der Waals surface area (Å²) in [6, 6.07) is 56.0. The first-order valence-electron chi connectivity index (χ1n) is 21.8. The van der Waals surface area contributed by atoms with Crippen LogP contribution in [0.2, 0.25) is 0 Å². The summed E-state index contributed by atoms with van der Waals surface area (Å²) in [5.74, 6) is 2.99. The molecule has 1 spiro atoms. The zero-order valence-electron chi connectivity index (χ0n) is 35.5. The number of aryl methyl sites for hydroxylation is 4. The summed E-state index contributed by atoms with van der Waals surface area (Å²) in [6.07, 6.45) is 7.35. The molecule has 13 rings (SSSR count). The minimum atomic E-state index is -0.675. The number of fused-ring (bicyclic) bond motifs is 7. The summed E-state index contributed by atoms with van der Waals surface area (Å²) in [5, 5.41) is 2.47. The van der Waals surface area contributed by atoms with Gasteiger partial charge in [-0.25, -0.2) is 4.57 Å². The molecular weight excluding hydrogens is 755 g/mol. The summed E-state index contributed by atoms with van der Waals surface area (Å²) in [6.45, 7) is 11.2. The highest BCUT2D eigenvalue weighted by molar-refractivity contribution is 6.12. The predicted octanol–water partition coefficient (Wildman–Crippen LogP) is 13.8. The van der Waals surface area contributed by atoms with Crippen molar-refractivity contribution >= 4 is 27.4 Å². The fourth-order valence-corrected chi connectivity index (χ4v) is 11.2. The van der Waals surface area contributed by atoms with E-state index in [2.05, 4.69) is 219 Å². The molecule has 6 heterocycles. The molecule has 0 N–H and O–H groups in total. The van der Waals surface area contributed by atoms with Gasteiger partial charge in [0.1, 0.15) is 22.6 Å². The second kappa shape index (κ2) is 12.6. The van der Waals surface area contributed by atoms with Crippen LogP contribution in [0.5, 0.6) is 11.5 Å². The van der Waals surface area contributed by atoms with Crippen molar-refractivity contribution in [1.29, 1.82) is 0 Å². The Morgan fingerprint density at radius 2 is 1.23 bits per heavy atom. The van der Waals surface area contributed by atoms with Crippen LogP contribution in [-0.2, 0) is 5.66 Å². The molecule has 296 valence electrons. The van der Waals surface area contributed by atoms with Crippen molar-refractivity contribution in [2.75, 3.05) is 0 Å². The van der Waals surface area contributed by atoms with E-state index in [0.29, 0.717) is 0 Å². The van der Waals surface area contributed by atoms with E-state index < -0.39 is 5.66 Å². The van der Waals surface area contributed by atoms with E-state index in [-0.39, 0.29) is 6.04 Å². The van der Waals surface area contributed by atoms with Crippen LogP contribution in [0.1, 0.15) is 57.5 Å². The Morgan fingerprint density at radius 1 is 0.548 bits per heavy atom. The third-order valence-electron chi connectivity index (χ3n) is 14.3. The maximum absolute atomic E-state index is 7.05. The van der Waals surface area contributed by atoms with E-state index in [1.165, 1.54) is 111 Å². The first-order chi connectivity index (χ1) is 30.3. The monoisotopic (exact) mass is 798 g/mol. The van der Waals surface area contributed by atoms with Gasteiger partial charge in [0, 0.05) is 23.0 Å². The number of rotatable bonds is 4. The molecule has 0 bridgehead atoms. The molecule has 2 unspecified atom stereocenters. The number of ether oxygens (including phenoxy) is 1. The van der Waals surface area contributed by atoms with Crippen molar-refractivity contribution in [2.24, 2.45) is 0 Å². The number of benzene rings is 7. The van der Waals surface area contributed by atoms with Gasteiger partial charge in [-0.05, 0) is 143 Å². The Labute approximate surface area is 361 Å². The van der Waals surface area contributed by atoms with Gasteiger partial charge in [0.05, 0.1) is 17.8 Å². The molecule has 0 saturated carbocycles. The van der Waals surface area contributed by atoms with Gasteiger partial charge in [-0.2, -0.15) is 4.57 Å². The third kappa shape index (κ3) is 4.64. The number of nitrogens with zero attached hydrogens (tertiary/aromatic N) is 3. The summed E-state index contributed by atoms with van der Waals surface area (Å²) in [7, 11) is 0. The lowest BCUT2D eigenvalue weighted by atomic mass is 9.84. The molecule has 4 aliphatic heterocycles. The fraction of sp³-hybridized carbons (Fsp3) is 0.121. The largest absolute Gasteiger partial charge is 0.456 e. The van der Waals surface area contributed by atoms with Crippen LogP contribution in [-0.4, -0.2) is 9.47 Å². The molecule has 9 aromatic rings. The van der Waals surface area contributed by atoms with Crippen LogP contribution in [0.15, 0.2) is 176 Å². The summed E-state index contributed by atoms with van der Waals surface area (Å²) in [4.78, 5) is 2.64. The number of allylic oxidation sites excluding steroid dienone is 2. The van der Waals surface area contributed by atoms with Gasteiger partial charge in [0.25, 0.3) is 5.82 Å². The fourth-order valence-electron chi connectivity index (χ4n) is 11.2. The Bertz CT molecular complexity index is 3480. The van der Waals surface area contributed by atoms with Crippen LogP contribution in [0.3, 0.4) is 0 Å². The Balaban J connectivity index is 0.997. The number of hydrogen-bond acceptors (Lipinski definition) is 2. The summed E-state index contributed by atoms with van der Waals surface area (Å²) >= 11 is 0. The van der Waals surface area contributed by atoms with E-state index in [4.69, 9.17) is 4.74 Å². The van der Waals surface area contributed by atoms with Gasteiger partial charge in [-0.3, -0.25) is 0 Å². The van der Waals surface area contributed by atoms with E-state index in [0.717, 1.165) is 17.3 Å². The minimum Gasteiger partial charge on any atom is -0.456 e. The summed E-state index contributed by atoms with van der Waals surface area (Å²) < 4.78 is 12.1. The molecule has 7 aromatic carbocycles. The van der Waals surface area contributed by atoms with Crippen molar-refractivity contribution in [1.82, 2.24) is 9.47 Å². The van der Waals surface area contributed by atoms with E-state index in [1.807, 2.05) is 0 Å². The lowest BCUT2D eigenvalue weighted by Gasteiger charge is -2.45. The van der Waals surface area contributed by atoms with Crippen LogP contribution in [0.25, 0.3) is 66.6 Å². The van der Waals surface area contributed by atoms with Crippen LogP contribution >= 0.6 is 0 Å². The highest BCUT2D eigenvalue weighted by Gasteiger charge is 2.64. The number of aromatic nitrogens is 2. The van der Waals surface area contributed by atoms with E-state index >= 15 is 0 Å². The van der Waals surface area contributed by atoms with Crippen molar-refractivity contribution in [3.8, 4) is 50.7 Å². The van der Waals surface area contributed by atoms with Crippen molar-refractivity contribution in [3.05, 3.63) is 220 Å². The second-order valence-electron chi connectivity index (χ2n) is 17.8. The van der Waals surface area contributed by atoms with Gasteiger partial charge in [-0.15, -0.1) is 0 Å². The maximum Gasteiger partial charge on any atom is 0.289 e. The SMILES string of the molecule is CC1=CN2C(C=C1c1ccc(C)cc1C)c1cccc3c1C21c2c(ccc4c5cc(-c6ccc(-c7ccc(-c8ccccc8)cc7)cc6)ccc5n(c24)-c2cc(C)c(C)c[n+]21)O3. The molecule has 0 amide bonds. The van der Waals surface area contributed by atoms with Crippen LogP contribution in [0, 0.1) is 27.7 Å². The lowest BCUT2D eigenvalue weighted by Crippen LogP contribution is -2.68. The molecule has 0 fully saturated rings. The van der Waals surface area contributed by atoms with Gasteiger partial charge >= 0.3 is 0 Å². The number of hydrogen-bond donors (Lipinski definition) is 0. The highest BCUT2D eigenvalue weighted by Crippen LogP contribution is 2.63. The number of pyridine rings is 1. The average Bonchev–Trinajstić information content (AvgIpc) is 3.78. The summed E-state index contributed by atoms with van der Waals surface area (Å²) in [5.41, 5.74) is 21.7. The molecule has 2 atom stereocenters. The van der Waals surface area contributed by atoms with Crippen LogP contribution in [0.4, 0.5) is 0 Å². The Hall–Kier alpha value is -7.43. The van der Waals surface area contributed by atoms with Gasteiger partial charge < -0.3 is 9.64 Å². The molecule has 62 heavy (non-hydrogen) atoms. The first-order valence-corrected chi connectivity index (χ1v) is 21.8. The molecule has 0 radical (unpaired) electrons. The maximum atomic E-state index is 7.05. The smallest absolute Gasteiger partial charge is 0.289 e. The molecular formula is C58H44N3O+. The first kappa shape index (κ1) is 35.3. The second-order valence-corrected chi connectivity index (χ2v) is 17.8. The highest BCUT2D eigenvalue weighted by atomic mass is 16.5. The Kier molecular flexibility index (Phi) is 7.16. The minimum absolute atomic E-state index is 0.00317. The molecule has 0 saturated heterocycles. The molecule has 4 heteroatoms. The van der Waals surface area contributed by atoms with Gasteiger partial charge in [0.2, 0.25) is 5.66 Å². The van der Waals surface area contributed by atoms with Crippen LogP contribution < -0.4 is 9.30 Å². The standard InChI is InChI=1S/C58H44N3O/c1-34-14-24-45(36(3)28-34)48-31-51-47-12-9-13-52-55(47)58(59(51)33-38(48)5)56-53(62-52)27-25-46-49-30-44(23-26-50(49)61(57(46)56)54-29-35(2)37(4)32-60(54)58)43-21-19-42(20-22-43)41-17-15-40(16-18-41)39-10-7-6-8-11-39/h6-33,51H,1-5H3/q+1. The average molecular weight is 799 g/mol. The van der Waals surface area contributed by atoms with E-state index in [1.54, 1.807) is 0 Å². The third-order valence-corrected chi connectivity index (χ3v) is 14.3. The normalized spacial score (nSPS) is 17.6. The van der Waals surface area contributed by atoms with Crippen molar-refractivity contribution < 1.29 is 9.30 Å².